The standard InChI is InChI=1S/C10H8.2C3H6/c1-2-6-10-8-4-3-7-9(10)5-1;2*1-3-2/h1-8H;2*3H,1H2,2H3. The van der Waals surface area contributed by atoms with E-state index in [0.717, 1.165) is 0 Å². The molecule has 0 spiro atoms. The molecule has 0 amide bonds. The van der Waals surface area contributed by atoms with E-state index in [4.69, 9.17) is 0 Å². The molecule has 0 aliphatic carbocycles. The fourth-order valence-electron chi connectivity index (χ4n) is 1.13. The van der Waals surface area contributed by atoms with Crippen LogP contribution >= 0.6 is 0 Å². The summed E-state index contributed by atoms with van der Waals surface area (Å²) >= 11 is 0. The van der Waals surface area contributed by atoms with Gasteiger partial charge in [0.15, 0.2) is 0 Å². The zero-order valence-electron chi connectivity index (χ0n) is 10.2. The molecule has 16 heavy (non-hydrogen) atoms. The highest BCUT2D eigenvalue weighted by Gasteiger charge is 1.85. The number of rotatable bonds is 0. The van der Waals surface area contributed by atoms with E-state index in [1.54, 1.807) is 12.2 Å². The van der Waals surface area contributed by atoms with Gasteiger partial charge in [0.1, 0.15) is 0 Å². The molecule has 0 nitrogen and oxygen atoms in total. The topological polar surface area (TPSA) is 0 Å². The predicted octanol–water partition coefficient (Wildman–Crippen LogP) is 5.22. The molecule has 0 unspecified atom stereocenters. The smallest absolute Gasteiger partial charge is 0.0184 e. The van der Waals surface area contributed by atoms with E-state index in [-0.39, 0.29) is 0 Å². The minimum absolute atomic E-state index is 1.31. The molecule has 0 heterocycles. The fourth-order valence-corrected chi connectivity index (χ4v) is 1.13. The minimum Gasteiger partial charge on any atom is -0.103 e. The molecule has 0 aromatic heterocycles. The summed E-state index contributed by atoms with van der Waals surface area (Å²) in [7, 11) is 0. The molecule has 0 aliphatic heterocycles. The molecular formula is C16H20. The molecule has 2 aromatic rings. The SMILES string of the molecule is C=CC.C=CC.c1ccc2ccccc2c1. The third-order valence-corrected chi connectivity index (χ3v) is 1.66. The summed E-state index contributed by atoms with van der Waals surface area (Å²) in [5.74, 6) is 0. The Labute approximate surface area is 98.9 Å². The lowest BCUT2D eigenvalue weighted by Gasteiger charge is -1.92. The molecule has 0 aliphatic rings. The predicted molar refractivity (Wildman–Crippen MR) is 75.7 cm³/mol. The molecule has 0 saturated heterocycles. The maximum Gasteiger partial charge on any atom is -0.0184 e. The van der Waals surface area contributed by atoms with Crippen molar-refractivity contribution in [2.24, 2.45) is 0 Å². The second-order valence-corrected chi connectivity index (χ2v) is 3.16. The highest BCUT2D eigenvalue weighted by molar-refractivity contribution is 5.81. The van der Waals surface area contributed by atoms with Crippen molar-refractivity contribution in [3.8, 4) is 0 Å². The second-order valence-electron chi connectivity index (χ2n) is 3.16. The molecule has 0 fully saturated rings. The Balaban J connectivity index is 0.000000321. The van der Waals surface area contributed by atoms with E-state index in [2.05, 4.69) is 61.7 Å². The second kappa shape index (κ2) is 9.72. The first kappa shape index (κ1) is 14.2. The van der Waals surface area contributed by atoms with Crippen LogP contribution in [-0.2, 0) is 0 Å². The molecule has 2 rings (SSSR count). The number of hydrogen-bond acceptors (Lipinski definition) is 0. The van der Waals surface area contributed by atoms with Crippen LogP contribution in [0.2, 0.25) is 0 Å². The van der Waals surface area contributed by atoms with E-state index in [9.17, 15) is 0 Å². The summed E-state index contributed by atoms with van der Waals surface area (Å²) < 4.78 is 0. The van der Waals surface area contributed by atoms with E-state index in [1.807, 2.05) is 13.8 Å². The van der Waals surface area contributed by atoms with E-state index < -0.39 is 0 Å². The molecule has 0 heteroatoms. The van der Waals surface area contributed by atoms with Gasteiger partial charge < -0.3 is 0 Å². The van der Waals surface area contributed by atoms with Gasteiger partial charge in [0.25, 0.3) is 0 Å². The lowest BCUT2D eigenvalue weighted by atomic mass is 10.1. The van der Waals surface area contributed by atoms with E-state index in [1.165, 1.54) is 10.8 Å². The van der Waals surface area contributed by atoms with Crippen molar-refractivity contribution < 1.29 is 0 Å². The van der Waals surface area contributed by atoms with Gasteiger partial charge in [0.2, 0.25) is 0 Å². The van der Waals surface area contributed by atoms with Crippen LogP contribution in [0, 0.1) is 0 Å². The van der Waals surface area contributed by atoms with Crippen molar-refractivity contribution in [3.05, 3.63) is 73.8 Å². The van der Waals surface area contributed by atoms with Crippen LogP contribution in [0.25, 0.3) is 10.8 Å². The van der Waals surface area contributed by atoms with Gasteiger partial charge >= 0.3 is 0 Å². The lowest BCUT2D eigenvalue weighted by molar-refractivity contribution is 1.75. The van der Waals surface area contributed by atoms with Gasteiger partial charge in [-0.2, -0.15) is 0 Å². The van der Waals surface area contributed by atoms with Crippen LogP contribution in [-0.4, -0.2) is 0 Å². The Hall–Kier alpha value is -1.82. The Morgan fingerprint density at radius 1 is 0.688 bits per heavy atom. The van der Waals surface area contributed by atoms with Crippen LogP contribution < -0.4 is 0 Å². The molecule has 84 valence electrons. The van der Waals surface area contributed by atoms with Crippen molar-refractivity contribution in [1.29, 1.82) is 0 Å². The zero-order chi connectivity index (χ0) is 12.2. The fraction of sp³-hybridized carbons (Fsp3) is 0.125. The van der Waals surface area contributed by atoms with Crippen molar-refractivity contribution in [2.45, 2.75) is 13.8 Å². The van der Waals surface area contributed by atoms with Crippen molar-refractivity contribution >= 4 is 10.8 Å². The van der Waals surface area contributed by atoms with E-state index in [0.29, 0.717) is 0 Å². The van der Waals surface area contributed by atoms with Gasteiger partial charge in [0.05, 0.1) is 0 Å². The van der Waals surface area contributed by atoms with Gasteiger partial charge in [0, 0.05) is 0 Å². The Kier molecular flexibility index (Phi) is 8.62. The highest BCUT2D eigenvalue weighted by atomic mass is 13.9. The van der Waals surface area contributed by atoms with Gasteiger partial charge in [-0.25, -0.2) is 0 Å². The maximum absolute atomic E-state index is 3.36. The van der Waals surface area contributed by atoms with Crippen molar-refractivity contribution in [3.63, 3.8) is 0 Å². The molecule has 0 atom stereocenters. The molecule has 0 N–H and O–H groups in total. The zero-order valence-corrected chi connectivity index (χ0v) is 10.2. The van der Waals surface area contributed by atoms with Crippen LogP contribution in [0.4, 0.5) is 0 Å². The molecule has 2 aromatic carbocycles. The van der Waals surface area contributed by atoms with Gasteiger partial charge in [-0.05, 0) is 24.6 Å². The number of fused-ring (bicyclic) bond motifs is 1. The third-order valence-electron chi connectivity index (χ3n) is 1.66. The highest BCUT2D eigenvalue weighted by Crippen LogP contribution is 2.11. The number of hydrogen-bond donors (Lipinski definition) is 0. The first-order valence-corrected chi connectivity index (χ1v) is 5.38. The minimum atomic E-state index is 1.31. The molecule has 0 radical (unpaired) electrons. The van der Waals surface area contributed by atoms with Crippen molar-refractivity contribution in [1.82, 2.24) is 0 Å². The summed E-state index contributed by atoms with van der Waals surface area (Å²) in [6.45, 7) is 10.5. The normalized spacial score (nSPS) is 7.88. The number of allylic oxidation sites excluding steroid dienone is 2. The quantitative estimate of drug-likeness (QED) is 0.525. The Bertz CT molecular complexity index is 342. The Morgan fingerprint density at radius 3 is 1.06 bits per heavy atom. The summed E-state index contributed by atoms with van der Waals surface area (Å²) in [5, 5.41) is 2.62. The van der Waals surface area contributed by atoms with Crippen LogP contribution in [0.3, 0.4) is 0 Å². The lowest BCUT2D eigenvalue weighted by Crippen LogP contribution is -1.67. The van der Waals surface area contributed by atoms with E-state index >= 15 is 0 Å². The third kappa shape index (κ3) is 5.82. The van der Waals surface area contributed by atoms with Crippen LogP contribution in [0.15, 0.2) is 73.8 Å². The molecular weight excluding hydrogens is 192 g/mol. The molecule has 0 bridgehead atoms. The summed E-state index contributed by atoms with van der Waals surface area (Å²) in [6, 6.07) is 16.7. The van der Waals surface area contributed by atoms with Gasteiger partial charge in [-0.1, -0.05) is 60.7 Å². The largest absolute Gasteiger partial charge is 0.103 e. The van der Waals surface area contributed by atoms with Gasteiger partial charge in [-0.15, -0.1) is 13.2 Å². The van der Waals surface area contributed by atoms with Crippen molar-refractivity contribution in [2.75, 3.05) is 0 Å². The average Bonchev–Trinajstić information content (AvgIpc) is 2.31. The monoisotopic (exact) mass is 212 g/mol. The first-order valence-electron chi connectivity index (χ1n) is 5.38. The Morgan fingerprint density at radius 2 is 0.875 bits per heavy atom. The summed E-state index contributed by atoms with van der Waals surface area (Å²) in [4.78, 5) is 0. The van der Waals surface area contributed by atoms with Crippen LogP contribution in [0.5, 0.6) is 0 Å². The maximum atomic E-state index is 3.36. The summed E-state index contributed by atoms with van der Waals surface area (Å²) in [5.41, 5.74) is 0. The average molecular weight is 212 g/mol. The molecule has 0 saturated carbocycles. The number of benzene rings is 2. The summed E-state index contributed by atoms with van der Waals surface area (Å²) in [6.07, 6.45) is 3.50. The van der Waals surface area contributed by atoms with Gasteiger partial charge in [-0.3, -0.25) is 0 Å². The first-order chi connectivity index (χ1) is 7.79. The van der Waals surface area contributed by atoms with Crippen LogP contribution in [0.1, 0.15) is 13.8 Å².